The maximum Gasteiger partial charge on any atom is 0.336 e. The number of hydrazine groups is 1. The van der Waals surface area contributed by atoms with Gasteiger partial charge in [-0.05, 0) is 32.4 Å². The molecule has 10 heteroatoms. The highest BCUT2D eigenvalue weighted by Crippen LogP contribution is 2.16. The molecule has 1 N–H and O–H groups in total. The van der Waals surface area contributed by atoms with Gasteiger partial charge >= 0.3 is 12.0 Å². The Morgan fingerprint density at radius 1 is 1.11 bits per heavy atom. The fourth-order valence-corrected chi connectivity index (χ4v) is 2.86. The van der Waals surface area contributed by atoms with Crippen molar-refractivity contribution in [3.8, 4) is 5.69 Å². The van der Waals surface area contributed by atoms with Crippen LogP contribution in [0.15, 0.2) is 30.3 Å². The number of carbonyl (C=O) groups excluding carboxylic acids is 3. The van der Waals surface area contributed by atoms with Gasteiger partial charge in [0.15, 0.2) is 5.69 Å². The van der Waals surface area contributed by atoms with Gasteiger partial charge in [0.2, 0.25) is 0 Å². The number of rotatable bonds is 5. The van der Waals surface area contributed by atoms with E-state index in [1.807, 2.05) is 30.3 Å². The lowest BCUT2D eigenvalue weighted by molar-refractivity contribution is -0.141. The van der Waals surface area contributed by atoms with Crippen LogP contribution in [0.1, 0.15) is 29.5 Å². The Labute approximate surface area is 162 Å². The number of benzene rings is 1. The summed E-state index contributed by atoms with van der Waals surface area (Å²) in [7, 11) is 0. The Bertz CT molecular complexity index is 866. The number of ether oxygens (including phenoxy) is 1. The van der Waals surface area contributed by atoms with Gasteiger partial charge in [-0.2, -0.15) is 9.90 Å². The summed E-state index contributed by atoms with van der Waals surface area (Å²) in [5.74, 6) is -0.946. The van der Waals surface area contributed by atoms with Crippen LogP contribution in [0, 0.1) is 6.92 Å². The molecule has 148 valence electrons. The number of aromatic nitrogens is 3. The highest BCUT2D eigenvalue weighted by molar-refractivity contribution is 5.95. The minimum atomic E-state index is -0.535. The third-order valence-corrected chi connectivity index (χ3v) is 4.16. The van der Waals surface area contributed by atoms with Gasteiger partial charge in [-0.15, -0.1) is 5.10 Å². The lowest BCUT2D eigenvalue weighted by Crippen LogP contribution is -2.50. The van der Waals surface area contributed by atoms with Crippen molar-refractivity contribution in [3.05, 3.63) is 41.7 Å². The first-order valence-corrected chi connectivity index (χ1v) is 9.03. The van der Waals surface area contributed by atoms with Crippen LogP contribution in [0.25, 0.3) is 5.69 Å². The van der Waals surface area contributed by atoms with Crippen molar-refractivity contribution in [2.75, 3.05) is 26.2 Å². The topological polar surface area (TPSA) is 110 Å². The van der Waals surface area contributed by atoms with Crippen LogP contribution in [0.5, 0.6) is 0 Å². The lowest BCUT2D eigenvalue weighted by atomic mass is 10.3. The highest BCUT2D eigenvalue weighted by Gasteiger charge is 2.34. The van der Waals surface area contributed by atoms with E-state index in [1.54, 1.807) is 13.8 Å². The van der Waals surface area contributed by atoms with Crippen LogP contribution in [0.3, 0.4) is 0 Å². The number of nitrogens with one attached hydrogen (secondary N) is 1. The summed E-state index contributed by atoms with van der Waals surface area (Å²) in [6.07, 6.45) is 0.629. The zero-order chi connectivity index (χ0) is 20.1. The van der Waals surface area contributed by atoms with Crippen LogP contribution in [0.2, 0.25) is 0 Å². The van der Waals surface area contributed by atoms with Gasteiger partial charge in [0.05, 0.1) is 18.0 Å². The standard InChI is InChI=1S/C18H22N6O4/c1-3-28-15(25)12-19-18(27)23-11-7-10-22(23)17(26)16-13(2)20-24(21-16)14-8-5-4-6-9-14/h4-6,8-9H,3,7,10-12H2,1-2H3,(H,19,27). The molecule has 1 saturated heterocycles. The minimum absolute atomic E-state index is 0.175. The summed E-state index contributed by atoms with van der Waals surface area (Å²) in [5.41, 5.74) is 1.37. The molecule has 1 aromatic heterocycles. The van der Waals surface area contributed by atoms with E-state index in [0.717, 1.165) is 5.69 Å². The molecule has 0 aliphatic carbocycles. The molecule has 3 rings (SSSR count). The van der Waals surface area contributed by atoms with Crippen LogP contribution in [-0.4, -0.2) is 69.2 Å². The van der Waals surface area contributed by atoms with Crippen LogP contribution >= 0.6 is 0 Å². The fraction of sp³-hybridized carbons (Fsp3) is 0.389. The van der Waals surface area contributed by atoms with E-state index < -0.39 is 17.9 Å². The largest absolute Gasteiger partial charge is 0.465 e. The first kappa shape index (κ1) is 19.3. The van der Waals surface area contributed by atoms with Gasteiger partial charge < -0.3 is 10.1 Å². The maximum atomic E-state index is 13.0. The molecule has 10 nitrogen and oxygen atoms in total. The van der Waals surface area contributed by atoms with E-state index in [-0.39, 0.29) is 18.8 Å². The number of aryl methyl sites for hydroxylation is 1. The molecule has 2 heterocycles. The molecule has 0 bridgehead atoms. The van der Waals surface area contributed by atoms with Gasteiger partial charge in [-0.1, -0.05) is 18.2 Å². The number of nitrogens with zero attached hydrogens (tertiary/aromatic N) is 5. The zero-order valence-electron chi connectivity index (χ0n) is 15.8. The molecule has 1 aromatic carbocycles. The summed E-state index contributed by atoms with van der Waals surface area (Å²) in [6.45, 7) is 4.11. The predicted octanol–water partition coefficient (Wildman–Crippen LogP) is 0.911. The average molecular weight is 386 g/mol. The molecule has 1 fully saturated rings. The molecule has 2 aromatic rings. The van der Waals surface area contributed by atoms with Crippen LogP contribution in [-0.2, 0) is 9.53 Å². The second-order valence-electron chi connectivity index (χ2n) is 6.13. The van der Waals surface area contributed by atoms with Crippen molar-refractivity contribution in [1.82, 2.24) is 30.3 Å². The molecule has 1 aliphatic rings. The second-order valence-corrected chi connectivity index (χ2v) is 6.13. The van der Waals surface area contributed by atoms with Gasteiger partial charge in [-0.3, -0.25) is 9.59 Å². The number of carbonyl (C=O) groups is 3. The summed E-state index contributed by atoms with van der Waals surface area (Å²) in [4.78, 5) is 38.2. The van der Waals surface area contributed by atoms with Crippen molar-refractivity contribution in [2.45, 2.75) is 20.3 Å². The maximum absolute atomic E-state index is 13.0. The molecule has 0 saturated carbocycles. The Balaban J connectivity index is 1.72. The molecule has 28 heavy (non-hydrogen) atoms. The van der Waals surface area contributed by atoms with Crippen molar-refractivity contribution in [2.24, 2.45) is 0 Å². The Kier molecular flexibility index (Phi) is 5.87. The summed E-state index contributed by atoms with van der Waals surface area (Å²) >= 11 is 0. The van der Waals surface area contributed by atoms with Crippen LogP contribution < -0.4 is 5.32 Å². The normalized spacial score (nSPS) is 13.5. The SMILES string of the molecule is CCOC(=O)CNC(=O)N1CCCN1C(=O)c1nn(-c2ccccc2)nc1C. The second kappa shape index (κ2) is 8.51. The first-order valence-electron chi connectivity index (χ1n) is 9.03. The van der Waals surface area contributed by atoms with Crippen molar-refractivity contribution in [1.29, 1.82) is 0 Å². The Morgan fingerprint density at radius 3 is 2.54 bits per heavy atom. The van der Waals surface area contributed by atoms with E-state index in [4.69, 9.17) is 4.74 Å². The minimum Gasteiger partial charge on any atom is -0.465 e. The monoisotopic (exact) mass is 386 g/mol. The van der Waals surface area contributed by atoms with E-state index in [9.17, 15) is 14.4 Å². The van der Waals surface area contributed by atoms with Gasteiger partial charge in [0.25, 0.3) is 5.91 Å². The smallest absolute Gasteiger partial charge is 0.336 e. The molecule has 0 radical (unpaired) electrons. The average Bonchev–Trinajstić information content (AvgIpc) is 3.33. The molecular weight excluding hydrogens is 364 g/mol. The molecule has 0 spiro atoms. The molecule has 0 atom stereocenters. The van der Waals surface area contributed by atoms with Crippen molar-refractivity contribution < 1.29 is 19.1 Å². The van der Waals surface area contributed by atoms with Gasteiger partial charge in [0, 0.05) is 13.1 Å². The predicted molar refractivity (Wildman–Crippen MR) is 98.5 cm³/mol. The highest BCUT2D eigenvalue weighted by atomic mass is 16.5. The number of hydrogen-bond donors (Lipinski definition) is 1. The van der Waals surface area contributed by atoms with E-state index in [1.165, 1.54) is 14.8 Å². The number of esters is 1. The van der Waals surface area contributed by atoms with Crippen LogP contribution in [0.4, 0.5) is 4.79 Å². The fourth-order valence-electron chi connectivity index (χ4n) is 2.86. The van der Waals surface area contributed by atoms with E-state index in [0.29, 0.717) is 25.2 Å². The van der Waals surface area contributed by atoms with Gasteiger partial charge in [0.1, 0.15) is 6.54 Å². The summed E-state index contributed by atoms with van der Waals surface area (Å²) in [5, 5.41) is 13.7. The zero-order valence-corrected chi connectivity index (χ0v) is 15.8. The lowest BCUT2D eigenvalue weighted by Gasteiger charge is -2.27. The van der Waals surface area contributed by atoms with E-state index >= 15 is 0 Å². The number of para-hydroxylation sites is 1. The number of urea groups is 1. The quantitative estimate of drug-likeness (QED) is 0.765. The molecule has 1 aliphatic heterocycles. The number of amides is 3. The van der Waals surface area contributed by atoms with Crippen molar-refractivity contribution in [3.63, 3.8) is 0 Å². The summed E-state index contributed by atoms with van der Waals surface area (Å²) < 4.78 is 4.79. The molecule has 3 amide bonds. The Hall–Kier alpha value is -3.43. The molecule has 0 unspecified atom stereocenters. The third-order valence-electron chi connectivity index (χ3n) is 4.16. The van der Waals surface area contributed by atoms with Crippen molar-refractivity contribution >= 4 is 17.9 Å². The van der Waals surface area contributed by atoms with E-state index in [2.05, 4.69) is 15.5 Å². The number of hydrogen-bond acceptors (Lipinski definition) is 6. The first-order chi connectivity index (χ1) is 13.5. The summed E-state index contributed by atoms with van der Waals surface area (Å²) in [6, 6.07) is 8.71. The van der Waals surface area contributed by atoms with Gasteiger partial charge in [-0.25, -0.2) is 14.8 Å². The third kappa shape index (κ3) is 4.11. The molecular formula is C18H22N6O4. The Morgan fingerprint density at radius 2 is 1.82 bits per heavy atom.